The van der Waals surface area contributed by atoms with Gasteiger partial charge < -0.3 is 5.73 Å². The van der Waals surface area contributed by atoms with Crippen LogP contribution >= 0.6 is 0 Å². The lowest BCUT2D eigenvalue weighted by Gasteiger charge is -1.92. The number of hydrogen-bond acceptors (Lipinski definition) is 1. The van der Waals surface area contributed by atoms with Gasteiger partial charge in [0.2, 0.25) is 5.91 Å². The van der Waals surface area contributed by atoms with Crippen molar-refractivity contribution in [1.82, 2.24) is 0 Å². The number of benzene rings is 1. The third-order valence-electron chi connectivity index (χ3n) is 1.65. The largest absolute Gasteiger partial charge is 0.370 e. The summed E-state index contributed by atoms with van der Waals surface area (Å²) in [5.74, 6) is -0.389. The molecule has 1 rings (SSSR count). The number of nitrogens with two attached hydrogens (primary N) is 1. The standard InChI is InChI=1S/C8H9F.C3H7NO/c1-2-7-4-3-5-8(9)6-7;1-2-3(4)5/h3-6H,2H2,1H3;2H2,1H3,(H2,4,5). The van der Waals surface area contributed by atoms with Crippen LogP contribution in [0.3, 0.4) is 0 Å². The molecule has 0 fully saturated rings. The summed E-state index contributed by atoms with van der Waals surface area (Å²) in [4.78, 5) is 9.59. The second kappa shape index (κ2) is 7.06. The van der Waals surface area contributed by atoms with Crippen molar-refractivity contribution in [3.8, 4) is 0 Å². The van der Waals surface area contributed by atoms with Gasteiger partial charge in [-0.2, -0.15) is 0 Å². The van der Waals surface area contributed by atoms with E-state index in [0.717, 1.165) is 12.0 Å². The van der Waals surface area contributed by atoms with Crippen LogP contribution in [0.5, 0.6) is 0 Å². The normalized spacial score (nSPS) is 8.79. The number of rotatable bonds is 2. The molecule has 0 spiro atoms. The van der Waals surface area contributed by atoms with E-state index in [2.05, 4.69) is 5.73 Å². The average molecular weight is 197 g/mol. The molecule has 0 saturated heterocycles. The van der Waals surface area contributed by atoms with Crippen molar-refractivity contribution in [1.29, 1.82) is 0 Å². The Morgan fingerprint density at radius 2 is 2.00 bits per heavy atom. The van der Waals surface area contributed by atoms with Gasteiger partial charge in [-0.05, 0) is 24.1 Å². The van der Waals surface area contributed by atoms with Gasteiger partial charge in [-0.25, -0.2) is 4.39 Å². The highest BCUT2D eigenvalue weighted by atomic mass is 19.1. The van der Waals surface area contributed by atoms with Gasteiger partial charge in [-0.3, -0.25) is 4.79 Å². The lowest BCUT2D eigenvalue weighted by molar-refractivity contribution is -0.117. The molecule has 0 aromatic heterocycles. The van der Waals surface area contributed by atoms with Crippen LogP contribution in [0.25, 0.3) is 0 Å². The van der Waals surface area contributed by atoms with Gasteiger partial charge in [0.05, 0.1) is 0 Å². The maximum atomic E-state index is 12.4. The predicted molar refractivity (Wildman–Crippen MR) is 55.3 cm³/mol. The Morgan fingerprint density at radius 3 is 2.29 bits per heavy atom. The van der Waals surface area contributed by atoms with E-state index in [1.54, 1.807) is 19.1 Å². The topological polar surface area (TPSA) is 43.1 Å². The van der Waals surface area contributed by atoms with Crippen LogP contribution in [0.4, 0.5) is 4.39 Å². The molecule has 0 aliphatic rings. The smallest absolute Gasteiger partial charge is 0.217 e. The highest BCUT2D eigenvalue weighted by molar-refractivity contribution is 5.73. The third kappa shape index (κ3) is 6.17. The van der Waals surface area contributed by atoms with Gasteiger partial charge in [0.25, 0.3) is 0 Å². The first kappa shape index (κ1) is 12.6. The average Bonchev–Trinajstić information content (AvgIpc) is 2.18. The van der Waals surface area contributed by atoms with Crippen molar-refractivity contribution < 1.29 is 9.18 Å². The van der Waals surface area contributed by atoms with E-state index in [1.807, 2.05) is 13.0 Å². The lowest BCUT2D eigenvalue weighted by atomic mass is 10.2. The highest BCUT2D eigenvalue weighted by Gasteiger charge is 1.88. The summed E-state index contributed by atoms with van der Waals surface area (Å²) in [6.07, 6.45) is 1.34. The molecule has 0 saturated carbocycles. The molecule has 14 heavy (non-hydrogen) atoms. The maximum absolute atomic E-state index is 12.4. The van der Waals surface area contributed by atoms with Crippen LogP contribution in [0.15, 0.2) is 24.3 Å². The van der Waals surface area contributed by atoms with Crippen LogP contribution in [0.1, 0.15) is 25.8 Å². The molecule has 0 aliphatic heterocycles. The number of carbonyl (C=O) groups is 1. The van der Waals surface area contributed by atoms with E-state index in [1.165, 1.54) is 6.07 Å². The third-order valence-corrected chi connectivity index (χ3v) is 1.65. The Bertz CT molecular complexity index is 286. The SMILES string of the molecule is CCC(N)=O.CCc1cccc(F)c1. The zero-order chi connectivity index (χ0) is 11.0. The van der Waals surface area contributed by atoms with Crippen molar-refractivity contribution >= 4 is 5.91 Å². The number of halogens is 1. The zero-order valence-corrected chi connectivity index (χ0v) is 8.59. The minimum Gasteiger partial charge on any atom is -0.370 e. The summed E-state index contributed by atoms with van der Waals surface area (Å²) in [7, 11) is 0. The van der Waals surface area contributed by atoms with Crippen LogP contribution in [0, 0.1) is 5.82 Å². The molecular weight excluding hydrogens is 181 g/mol. The molecule has 0 unspecified atom stereocenters. The molecule has 0 heterocycles. The zero-order valence-electron chi connectivity index (χ0n) is 8.59. The number of carbonyl (C=O) groups excluding carboxylic acids is 1. The summed E-state index contributed by atoms with van der Waals surface area (Å²) in [5.41, 5.74) is 5.70. The Labute approximate surface area is 83.9 Å². The van der Waals surface area contributed by atoms with Crippen molar-refractivity contribution in [3.05, 3.63) is 35.6 Å². The summed E-state index contributed by atoms with van der Waals surface area (Å²) >= 11 is 0. The minimum absolute atomic E-state index is 0.144. The van der Waals surface area contributed by atoms with Crippen LogP contribution in [-0.4, -0.2) is 5.91 Å². The lowest BCUT2D eigenvalue weighted by Crippen LogP contribution is -2.06. The van der Waals surface area contributed by atoms with Crippen molar-refractivity contribution in [2.75, 3.05) is 0 Å². The van der Waals surface area contributed by atoms with E-state index in [-0.39, 0.29) is 11.7 Å². The second-order valence-electron chi connectivity index (χ2n) is 2.80. The Hall–Kier alpha value is -1.38. The summed E-state index contributed by atoms with van der Waals surface area (Å²) in [6.45, 7) is 3.73. The maximum Gasteiger partial charge on any atom is 0.217 e. The number of amides is 1. The van der Waals surface area contributed by atoms with E-state index in [9.17, 15) is 9.18 Å². The number of aryl methyl sites for hydroxylation is 1. The Morgan fingerprint density at radius 1 is 1.43 bits per heavy atom. The number of hydrogen-bond donors (Lipinski definition) is 1. The van der Waals surface area contributed by atoms with Crippen LogP contribution < -0.4 is 5.73 Å². The summed E-state index contributed by atoms with van der Waals surface area (Å²) in [6, 6.07) is 6.66. The minimum atomic E-state index is -0.245. The van der Waals surface area contributed by atoms with Gasteiger partial charge in [0.15, 0.2) is 0 Å². The Balaban J connectivity index is 0.000000292. The predicted octanol–water partition coefficient (Wildman–Crippen LogP) is 2.27. The van der Waals surface area contributed by atoms with Gasteiger partial charge in [-0.15, -0.1) is 0 Å². The summed E-state index contributed by atoms with van der Waals surface area (Å²) < 4.78 is 12.4. The highest BCUT2D eigenvalue weighted by Crippen LogP contribution is 2.02. The number of primary amides is 1. The molecule has 1 aromatic carbocycles. The van der Waals surface area contributed by atoms with Crippen molar-refractivity contribution in [2.24, 2.45) is 5.73 Å². The first-order chi connectivity index (χ1) is 6.60. The van der Waals surface area contributed by atoms with E-state index in [0.29, 0.717) is 6.42 Å². The van der Waals surface area contributed by atoms with Gasteiger partial charge in [-0.1, -0.05) is 26.0 Å². The molecule has 0 bridgehead atoms. The molecule has 2 nitrogen and oxygen atoms in total. The van der Waals surface area contributed by atoms with Gasteiger partial charge >= 0.3 is 0 Å². The molecule has 1 aromatic rings. The molecule has 2 N–H and O–H groups in total. The van der Waals surface area contributed by atoms with Gasteiger partial charge in [0.1, 0.15) is 5.82 Å². The van der Waals surface area contributed by atoms with Crippen molar-refractivity contribution in [2.45, 2.75) is 26.7 Å². The summed E-state index contributed by atoms with van der Waals surface area (Å²) in [5, 5.41) is 0. The molecule has 0 aliphatic carbocycles. The van der Waals surface area contributed by atoms with E-state index >= 15 is 0 Å². The molecule has 0 atom stereocenters. The fraction of sp³-hybridized carbons (Fsp3) is 0.364. The van der Waals surface area contributed by atoms with E-state index < -0.39 is 0 Å². The molecular formula is C11H16FNO. The molecule has 78 valence electrons. The van der Waals surface area contributed by atoms with Crippen LogP contribution in [-0.2, 0) is 11.2 Å². The Kier molecular flexibility index (Phi) is 6.37. The van der Waals surface area contributed by atoms with Crippen LogP contribution in [0.2, 0.25) is 0 Å². The van der Waals surface area contributed by atoms with E-state index in [4.69, 9.17) is 0 Å². The molecule has 0 radical (unpaired) electrons. The second-order valence-corrected chi connectivity index (χ2v) is 2.80. The fourth-order valence-electron chi connectivity index (χ4n) is 0.757. The first-order valence-electron chi connectivity index (χ1n) is 4.62. The van der Waals surface area contributed by atoms with Gasteiger partial charge in [0, 0.05) is 6.42 Å². The fourth-order valence-corrected chi connectivity index (χ4v) is 0.757. The quantitative estimate of drug-likeness (QED) is 0.776. The molecule has 3 heteroatoms. The monoisotopic (exact) mass is 197 g/mol. The van der Waals surface area contributed by atoms with Crippen molar-refractivity contribution in [3.63, 3.8) is 0 Å². The first-order valence-corrected chi connectivity index (χ1v) is 4.62. The molecule has 1 amide bonds.